The molecule has 13 heavy (non-hydrogen) atoms. The number of hydrogen-bond donors (Lipinski definition) is 0. The average molecular weight is 195 g/mol. The predicted octanol–water partition coefficient (Wildman–Crippen LogP) is 2.00. The summed E-state index contributed by atoms with van der Waals surface area (Å²) in [5.74, 6) is 0. The second kappa shape index (κ2) is 3.46. The Labute approximate surface area is 82.1 Å². The number of hydrogen-bond acceptors (Lipinski definition) is 4. The summed E-state index contributed by atoms with van der Waals surface area (Å²) in [5.41, 5.74) is 1.48. The third kappa shape index (κ3) is 1.88. The third-order valence-electron chi connectivity index (χ3n) is 2.22. The van der Waals surface area contributed by atoms with E-state index >= 15 is 0 Å². The first-order chi connectivity index (χ1) is 6.25. The second-order valence-electron chi connectivity index (χ2n) is 3.35. The number of nitrogens with zero attached hydrogens (tertiary/aromatic N) is 3. The van der Waals surface area contributed by atoms with Crippen LogP contribution in [0, 0.1) is 6.92 Å². The van der Waals surface area contributed by atoms with Crippen molar-refractivity contribution >= 4 is 16.5 Å². The van der Waals surface area contributed by atoms with Crippen LogP contribution in [0.15, 0.2) is 11.6 Å². The lowest BCUT2D eigenvalue weighted by Crippen LogP contribution is -2.27. The minimum absolute atomic E-state index is 0.987. The third-order valence-corrected chi connectivity index (χ3v) is 3.12. The van der Waals surface area contributed by atoms with Gasteiger partial charge in [0.2, 0.25) is 5.13 Å². The fourth-order valence-corrected chi connectivity index (χ4v) is 2.08. The van der Waals surface area contributed by atoms with Crippen molar-refractivity contribution in [2.45, 2.75) is 20.3 Å². The van der Waals surface area contributed by atoms with Crippen LogP contribution in [0.1, 0.15) is 18.4 Å². The highest BCUT2D eigenvalue weighted by Crippen LogP contribution is 2.22. The van der Waals surface area contributed by atoms with Crippen molar-refractivity contribution in [1.82, 2.24) is 10.2 Å². The Morgan fingerprint density at radius 3 is 2.77 bits per heavy atom. The molecule has 1 aliphatic heterocycles. The zero-order valence-corrected chi connectivity index (χ0v) is 8.77. The summed E-state index contributed by atoms with van der Waals surface area (Å²) in [7, 11) is 0. The van der Waals surface area contributed by atoms with E-state index in [1.54, 1.807) is 11.3 Å². The first kappa shape index (κ1) is 8.69. The quantitative estimate of drug-likeness (QED) is 0.642. The molecule has 0 N–H and O–H groups in total. The van der Waals surface area contributed by atoms with Gasteiger partial charge in [0.05, 0.1) is 0 Å². The van der Waals surface area contributed by atoms with Crippen LogP contribution in [0.3, 0.4) is 0 Å². The van der Waals surface area contributed by atoms with Gasteiger partial charge in [-0.05, 0) is 20.3 Å². The molecule has 2 rings (SSSR count). The van der Waals surface area contributed by atoms with Crippen LogP contribution in [-0.4, -0.2) is 23.3 Å². The molecule has 70 valence electrons. The fraction of sp³-hybridized carbons (Fsp3) is 0.556. The monoisotopic (exact) mass is 195 g/mol. The minimum atomic E-state index is 0.987. The Bertz CT molecular complexity index is 329. The summed E-state index contributed by atoms with van der Waals surface area (Å²) in [5, 5.41) is 10.2. The lowest BCUT2D eigenvalue weighted by Gasteiger charge is -2.23. The molecule has 0 bridgehead atoms. The van der Waals surface area contributed by atoms with Crippen LogP contribution < -0.4 is 4.90 Å². The highest BCUT2D eigenvalue weighted by atomic mass is 32.1. The second-order valence-corrected chi connectivity index (χ2v) is 4.51. The van der Waals surface area contributed by atoms with E-state index in [-0.39, 0.29) is 0 Å². The van der Waals surface area contributed by atoms with Gasteiger partial charge in [0.15, 0.2) is 0 Å². The van der Waals surface area contributed by atoms with E-state index in [1.807, 2.05) is 6.92 Å². The summed E-state index contributed by atoms with van der Waals surface area (Å²) in [6.45, 7) is 6.24. The van der Waals surface area contributed by atoms with Crippen molar-refractivity contribution in [3.8, 4) is 0 Å². The van der Waals surface area contributed by atoms with Gasteiger partial charge in [-0.3, -0.25) is 0 Å². The van der Waals surface area contributed by atoms with Gasteiger partial charge in [0, 0.05) is 13.1 Å². The highest BCUT2D eigenvalue weighted by molar-refractivity contribution is 7.15. The Balaban J connectivity index is 2.11. The summed E-state index contributed by atoms with van der Waals surface area (Å²) < 4.78 is 0. The normalized spacial score (nSPS) is 17.4. The lowest BCUT2D eigenvalue weighted by molar-refractivity contribution is 0.777. The van der Waals surface area contributed by atoms with Crippen LogP contribution in [0.4, 0.5) is 5.13 Å². The molecule has 1 aliphatic rings. The van der Waals surface area contributed by atoms with Crippen molar-refractivity contribution < 1.29 is 0 Å². The van der Waals surface area contributed by atoms with Gasteiger partial charge in [-0.1, -0.05) is 23.0 Å². The Kier molecular flexibility index (Phi) is 2.31. The van der Waals surface area contributed by atoms with Gasteiger partial charge in [-0.2, -0.15) is 0 Å². The van der Waals surface area contributed by atoms with Crippen molar-refractivity contribution in [1.29, 1.82) is 0 Å². The maximum atomic E-state index is 4.13. The van der Waals surface area contributed by atoms with E-state index < -0.39 is 0 Å². The smallest absolute Gasteiger partial charge is 0.208 e. The van der Waals surface area contributed by atoms with Crippen molar-refractivity contribution in [2.75, 3.05) is 18.0 Å². The molecule has 3 nitrogen and oxygen atoms in total. The van der Waals surface area contributed by atoms with Crippen molar-refractivity contribution in [3.05, 3.63) is 16.7 Å². The first-order valence-corrected chi connectivity index (χ1v) is 5.28. The van der Waals surface area contributed by atoms with Crippen LogP contribution in [0.25, 0.3) is 0 Å². The summed E-state index contributed by atoms with van der Waals surface area (Å²) in [6, 6.07) is 0. The minimum Gasteiger partial charge on any atom is -0.343 e. The highest BCUT2D eigenvalue weighted by Gasteiger charge is 2.13. The van der Waals surface area contributed by atoms with Crippen LogP contribution in [-0.2, 0) is 0 Å². The maximum Gasteiger partial charge on any atom is 0.208 e. The zero-order valence-electron chi connectivity index (χ0n) is 7.95. The number of anilines is 1. The van der Waals surface area contributed by atoms with E-state index in [0.29, 0.717) is 0 Å². The SMILES string of the molecule is CC1=CCN(c2nnc(C)s2)CC1. The lowest BCUT2D eigenvalue weighted by atomic mass is 10.1. The van der Waals surface area contributed by atoms with Crippen molar-refractivity contribution in [3.63, 3.8) is 0 Å². The molecular formula is C9H13N3S. The molecule has 0 unspecified atom stereocenters. The maximum absolute atomic E-state index is 4.13. The molecule has 1 aromatic rings. The molecule has 0 aromatic carbocycles. The molecule has 1 aromatic heterocycles. The van der Waals surface area contributed by atoms with Crippen LogP contribution >= 0.6 is 11.3 Å². The molecule has 0 saturated heterocycles. The van der Waals surface area contributed by atoms with E-state index in [0.717, 1.165) is 29.6 Å². The molecular weight excluding hydrogens is 182 g/mol. The fourth-order valence-electron chi connectivity index (χ4n) is 1.36. The molecule has 0 amide bonds. The molecule has 0 radical (unpaired) electrons. The van der Waals surface area contributed by atoms with Gasteiger partial charge in [-0.25, -0.2) is 0 Å². The van der Waals surface area contributed by atoms with Crippen molar-refractivity contribution in [2.24, 2.45) is 0 Å². The summed E-state index contributed by atoms with van der Waals surface area (Å²) >= 11 is 1.67. The van der Waals surface area contributed by atoms with Gasteiger partial charge in [0.25, 0.3) is 0 Å². The standard InChI is InChI=1S/C9H13N3S/c1-7-3-5-12(6-4-7)9-11-10-8(2)13-9/h3H,4-6H2,1-2H3. The number of rotatable bonds is 1. The van der Waals surface area contributed by atoms with E-state index in [2.05, 4.69) is 28.1 Å². The molecule has 0 fully saturated rings. The topological polar surface area (TPSA) is 29.0 Å². The predicted molar refractivity (Wildman–Crippen MR) is 55.2 cm³/mol. The first-order valence-electron chi connectivity index (χ1n) is 4.46. The van der Waals surface area contributed by atoms with Gasteiger partial charge >= 0.3 is 0 Å². The molecule has 4 heteroatoms. The number of aromatic nitrogens is 2. The van der Waals surface area contributed by atoms with Gasteiger partial charge in [0.1, 0.15) is 5.01 Å². The molecule has 0 saturated carbocycles. The van der Waals surface area contributed by atoms with E-state index in [1.165, 1.54) is 5.57 Å². The average Bonchev–Trinajstić information content (AvgIpc) is 2.53. The Morgan fingerprint density at radius 1 is 1.38 bits per heavy atom. The molecule has 0 spiro atoms. The van der Waals surface area contributed by atoms with Crippen LogP contribution in [0.5, 0.6) is 0 Å². The molecule has 0 atom stereocenters. The Hall–Kier alpha value is -0.900. The Morgan fingerprint density at radius 2 is 2.23 bits per heavy atom. The van der Waals surface area contributed by atoms with Crippen LogP contribution in [0.2, 0.25) is 0 Å². The largest absolute Gasteiger partial charge is 0.343 e. The summed E-state index contributed by atoms with van der Waals surface area (Å²) in [4.78, 5) is 2.28. The molecule has 2 heterocycles. The molecule has 0 aliphatic carbocycles. The van der Waals surface area contributed by atoms with E-state index in [9.17, 15) is 0 Å². The number of aryl methyl sites for hydroxylation is 1. The zero-order chi connectivity index (χ0) is 9.26. The summed E-state index contributed by atoms with van der Waals surface area (Å²) in [6.07, 6.45) is 3.42. The van der Waals surface area contributed by atoms with Gasteiger partial charge < -0.3 is 4.90 Å². The van der Waals surface area contributed by atoms with Gasteiger partial charge in [-0.15, -0.1) is 10.2 Å². The van der Waals surface area contributed by atoms with E-state index in [4.69, 9.17) is 0 Å².